The maximum absolute atomic E-state index is 12.8. The van der Waals surface area contributed by atoms with Crippen molar-refractivity contribution >= 4 is 5.91 Å². The highest BCUT2D eigenvalue weighted by molar-refractivity contribution is 5.79. The zero-order chi connectivity index (χ0) is 13.9. The Kier molecular flexibility index (Phi) is 4.20. The second-order valence-electron chi connectivity index (χ2n) is 5.63. The molecule has 0 radical (unpaired) electrons. The summed E-state index contributed by atoms with van der Waals surface area (Å²) in [5, 5.41) is 12.4. The van der Waals surface area contributed by atoms with Gasteiger partial charge in [-0.1, -0.05) is 25.5 Å². The van der Waals surface area contributed by atoms with E-state index in [-0.39, 0.29) is 36.2 Å². The van der Waals surface area contributed by atoms with Crippen LogP contribution in [0, 0.1) is 11.2 Å². The summed E-state index contributed by atoms with van der Waals surface area (Å²) in [7, 11) is 0. The summed E-state index contributed by atoms with van der Waals surface area (Å²) in [6, 6.07) is 5.99. The zero-order valence-corrected chi connectivity index (χ0v) is 11.2. The number of benzene rings is 1. The molecule has 1 amide bonds. The van der Waals surface area contributed by atoms with Gasteiger partial charge in [-0.05, 0) is 30.5 Å². The molecular formula is C15H20FNO2. The topological polar surface area (TPSA) is 49.3 Å². The Morgan fingerprint density at radius 3 is 2.79 bits per heavy atom. The van der Waals surface area contributed by atoms with E-state index in [2.05, 4.69) is 5.32 Å². The van der Waals surface area contributed by atoms with Crippen LogP contribution in [0.4, 0.5) is 4.39 Å². The van der Waals surface area contributed by atoms with Crippen LogP contribution >= 0.6 is 0 Å². The molecule has 1 aromatic rings. The van der Waals surface area contributed by atoms with Gasteiger partial charge in [-0.15, -0.1) is 0 Å². The summed E-state index contributed by atoms with van der Waals surface area (Å²) in [6.07, 6.45) is 3.12. The molecule has 1 aromatic carbocycles. The largest absolute Gasteiger partial charge is 0.396 e. The van der Waals surface area contributed by atoms with Crippen LogP contribution in [-0.2, 0) is 11.2 Å². The molecule has 0 spiro atoms. The Balaban J connectivity index is 1.92. The first kappa shape index (κ1) is 14.0. The Bertz CT molecular complexity index is 446. The third-order valence-corrected chi connectivity index (χ3v) is 4.06. The minimum absolute atomic E-state index is 0.0328. The maximum Gasteiger partial charge on any atom is 0.224 e. The monoisotopic (exact) mass is 265 g/mol. The van der Waals surface area contributed by atoms with Gasteiger partial charge in [0, 0.05) is 11.5 Å². The number of amides is 1. The van der Waals surface area contributed by atoms with Gasteiger partial charge in [0.2, 0.25) is 5.91 Å². The summed E-state index contributed by atoms with van der Waals surface area (Å²) in [6.45, 7) is 2.09. The number of rotatable bonds is 4. The smallest absolute Gasteiger partial charge is 0.224 e. The molecule has 1 aliphatic rings. The second kappa shape index (κ2) is 5.70. The van der Waals surface area contributed by atoms with Crippen LogP contribution in [-0.4, -0.2) is 23.7 Å². The van der Waals surface area contributed by atoms with Crippen molar-refractivity contribution in [2.24, 2.45) is 5.41 Å². The SMILES string of the molecule is CC1(CO)CCCC1NC(=O)Cc1ccc(F)cc1. The summed E-state index contributed by atoms with van der Waals surface area (Å²) in [4.78, 5) is 12.0. The molecule has 1 aliphatic carbocycles. The lowest BCUT2D eigenvalue weighted by molar-refractivity contribution is -0.122. The molecule has 0 aliphatic heterocycles. The number of hydrogen-bond donors (Lipinski definition) is 2. The fraction of sp³-hybridized carbons (Fsp3) is 0.533. The minimum atomic E-state index is -0.298. The lowest BCUT2D eigenvalue weighted by Gasteiger charge is -2.30. The van der Waals surface area contributed by atoms with Crippen molar-refractivity contribution in [3.63, 3.8) is 0 Å². The number of nitrogens with one attached hydrogen (secondary N) is 1. The van der Waals surface area contributed by atoms with Crippen molar-refractivity contribution in [3.8, 4) is 0 Å². The van der Waals surface area contributed by atoms with Gasteiger partial charge in [-0.2, -0.15) is 0 Å². The molecule has 0 aromatic heterocycles. The van der Waals surface area contributed by atoms with E-state index in [1.54, 1.807) is 12.1 Å². The van der Waals surface area contributed by atoms with Gasteiger partial charge < -0.3 is 10.4 Å². The molecular weight excluding hydrogens is 245 g/mol. The van der Waals surface area contributed by atoms with Crippen molar-refractivity contribution < 1.29 is 14.3 Å². The van der Waals surface area contributed by atoms with Gasteiger partial charge in [-0.25, -0.2) is 4.39 Å². The van der Waals surface area contributed by atoms with E-state index in [0.717, 1.165) is 24.8 Å². The van der Waals surface area contributed by atoms with Crippen LogP contribution < -0.4 is 5.32 Å². The average molecular weight is 265 g/mol. The molecule has 1 saturated carbocycles. The molecule has 2 atom stereocenters. The molecule has 2 rings (SSSR count). The second-order valence-corrected chi connectivity index (χ2v) is 5.63. The standard InChI is InChI=1S/C15H20FNO2/c1-15(10-18)8-2-3-13(15)17-14(19)9-11-4-6-12(16)7-5-11/h4-7,13,18H,2-3,8-10H2,1H3,(H,17,19). The van der Waals surface area contributed by atoms with Crippen molar-refractivity contribution in [3.05, 3.63) is 35.6 Å². The van der Waals surface area contributed by atoms with Crippen LogP contribution in [0.5, 0.6) is 0 Å². The van der Waals surface area contributed by atoms with Crippen LogP contribution in [0.2, 0.25) is 0 Å². The quantitative estimate of drug-likeness (QED) is 0.875. The Hall–Kier alpha value is -1.42. The lowest BCUT2D eigenvalue weighted by atomic mass is 9.85. The van der Waals surface area contributed by atoms with Crippen LogP contribution in [0.1, 0.15) is 31.7 Å². The lowest BCUT2D eigenvalue weighted by Crippen LogP contribution is -2.45. The predicted octanol–water partition coefficient (Wildman–Crippen LogP) is 2.04. The van der Waals surface area contributed by atoms with Crippen LogP contribution in [0.25, 0.3) is 0 Å². The molecule has 0 bridgehead atoms. The first-order valence-corrected chi connectivity index (χ1v) is 6.68. The highest BCUT2D eigenvalue weighted by atomic mass is 19.1. The van der Waals surface area contributed by atoms with E-state index in [1.807, 2.05) is 6.92 Å². The first-order chi connectivity index (χ1) is 9.03. The fourth-order valence-corrected chi connectivity index (χ4v) is 2.70. The van der Waals surface area contributed by atoms with Gasteiger partial charge in [0.1, 0.15) is 5.82 Å². The Labute approximate surface area is 112 Å². The van der Waals surface area contributed by atoms with E-state index in [1.165, 1.54) is 12.1 Å². The maximum atomic E-state index is 12.8. The summed E-state index contributed by atoms with van der Waals surface area (Å²) >= 11 is 0. The zero-order valence-electron chi connectivity index (χ0n) is 11.2. The summed E-state index contributed by atoms with van der Waals surface area (Å²) < 4.78 is 12.8. The normalized spacial score (nSPS) is 26.4. The number of aliphatic hydroxyl groups is 1. The van der Waals surface area contributed by atoms with E-state index in [9.17, 15) is 14.3 Å². The van der Waals surface area contributed by atoms with E-state index in [0.29, 0.717) is 0 Å². The van der Waals surface area contributed by atoms with Crippen molar-refractivity contribution in [1.29, 1.82) is 0 Å². The molecule has 0 saturated heterocycles. The number of carbonyl (C=O) groups is 1. The molecule has 3 nitrogen and oxygen atoms in total. The van der Waals surface area contributed by atoms with Gasteiger partial charge in [0.15, 0.2) is 0 Å². The highest BCUT2D eigenvalue weighted by Gasteiger charge is 2.38. The molecule has 4 heteroatoms. The van der Waals surface area contributed by atoms with E-state index >= 15 is 0 Å². The van der Waals surface area contributed by atoms with Gasteiger partial charge in [0.25, 0.3) is 0 Å². The number of hydrogen-bond acceptors (Lipinski definition) is 2. The number of halogens is 1. The van der Waals surface area contributed by atoms with E-state index in [4.69, 9.17) is 0 Å². The average Bonchev–Trinajstić information content (AvgIpc) is 2.74. The molecule has 104 valence electrons. The minimum Gasteiger partial charge on any atom is -0.396 e. The van der Waals surface area contributed by atoms with Gasteiger partial charge in [0.05, 0.1) is 13.0 Å². The number of aliphatic hydroxyl groups excluding tert-OH is 1. The van der Waals surface area contributed by atoms with Gasteiger partial charge >= 0.3 is 0 Å². The molecule has 0 heterocycles. The third kappa shape index (κ3) is 3.32. The molecule has 2 N–H and O–H groups in total. The van der Waals surface area contributed by atoms with Crippen molar-refractivity contribution in [2.75, 3.05) is 6.61 Å². The van der Waals surface area contributed by atoms with Crippen LogP contribution in [0.3, 0.4) is 0 Å². The molecule has 2 unspecified atom stereocenters. The summed E-state index contributed by atoms with van der Waals surface area (Å²) in [5.41, 5.74) is 0.584. The third-order valence-electron chi connectivity index (χ3n) is 4.06. The van der Waals surface area contributed by atoms with Crippen molar-refractivity contribution in [1.82, 2.24) is 5.32 Å². The van der Waals surface area contributed by atoms with Crippen LogP contribution in [0.15, 0.2) is 24.3 Å². The molecule has 19 heavy (non-hydrogen) atoms. The Morgan fingerprint density at radius 2 is 2.16 bits per heavy atom. The number of carbonyl (C=O) groups excluding carboxylic acids is 1. The Morgan fingerprint density at radius 1 is 1.47 bits per heavy atom. The molecule has 1 fully saturated rings. The first-order valence-electron chi connectivity index (χ1n) is 6.68. The van der Waals surface area contributed by atoms with Crippen molar-refractivity contribution in [2.45, 2.75) is 38.6 Å². The van der Waals surface area contributed by atoms with E-state index < -0.39 is 0 Å². The van der Waals surface area contributed by atoms with Gasteiger partial charge in [-0.3, -0.25) is 4.79 Å². The summed E-state index contributed by atoms with van der Waals surface area (Å²) in [5.74, 6) is -0.369. The predicted molar refractivity (Wildman–Crippen MR) is 71.1 cm³/mol. The fourth-order valence-electron chi connectivity index (χ4n) is 2.70. The highest BCUT2D eigenvalue weighted by Crippen LogP contribution is 2.37.